The molecule has 0 spiro atoms. The lowest BCUT2D eigenvalue weighted by Crippen LogP contribution is -2.33. The van der Waals surface area contributed by atoms with Gasteiger partial charge < -0.3 is 29.9 Å². The maximum atomic E-state index is 12.3. The highest BCUT2D eigenvalue weighted by molar-refractivity contribution is 5.98. The van der Waals surface area contributed by atoms with Crippen LogP contribution in [0.5, 0.6) is 5.75 Å². The van der Waals surface area contributed by atoms with Crippen LogP contribution in [0.2, 0.25) is 0 Å². The number of benzene rings is 2. The third-order valence-corrected chi connectivity index (χ3v) is 3.36. The van der Waals surface area contributed by atoms with Crippen molar-refractivity contribution in [3.05, 3.63) is 59.7 Å². The van der Waals surface area contributed by atoms with Gasteiger partial charge in [-0.15, -0.1) is 0 Å². The number of carbonyl (C=O) groups excluding carboxylic acids is 3. The van der Waals surface area contributed by atoms with E-state index in [1.807, 2.05) is 0 Å². The summed E-state index contributed by atoms with van der Waals surface area (Å²) in [5.41, 5.74) is -0.760. The number of carbonyl (C=O) groups is 3. The summed E-state index contributed by atoms with van der Waals surface area (Å²) in [6.45, 7) is 1.75. The Morgan fingerprint density at radius 3 is 2.04 bits per heavy atom. The van der Waals surface area contributed by atoms with Crippen LogP contribution in [0, 0.1) is 0 Å². The fraction of sp³-hybridized carbons (Fsp3) is 0.167. The summed E-state index contributed by atoms with van der Waals surface area (Å²) in [6, 6.07) is 11.8. The number of hydrogen-bond acceptors (Lipinski definition) is 6. The van der Waals surface area contributed by atoms with Gasteiger partial charge in [-0.05, 0) is 47.9 Å². The number of nitrogens with one attached hydrogen (secondary N) is 1. The zero-order chi connectivity index (χ0) is 18.4. The minimum atomic E-state index is -1.56. The van der Waals surface area contributed by atoms with E-state index >= 15 is 0 Å². The van der Waals surface area contributed by atoms with Gasteiger partial charge in [-0.1, -0.05) is 25.1 Å². The first kappa shape index (κ1) is 18.0. The fourth-order valence-corrected chi connectivity index (χ4v) is 2.14. The Morgan fingerprint density at radius 1 is 1.00 bits per heavy atom. The zero-order valence-corrected chi connectivity index (χ0v) is 13.4. The van der Waals surface area contributed by atoms with E-state index in [1.165, 1.54) is 0 Å². The molecule has 0 radical (unpaired) electrons. The molecule has 2 aromatic rings. The molecule has 25 heavy (non-hydrogen) atoms. The SMILES string of the molecule is CC[C@H](Oc1ccccc1)C(=O)Nc1cc(C(=O)[O-])cc(C(=O)[O-])c1. The number of aromatic carboxylic acids is 2. The molecule has 7 heteroatoms. The molecule has 0 aromatic heterocycles. The summed E-state index contributed by atoms with van der Waals surface area (Å²) < 4.78 is 5.58. The van der Waals surface area contributed by atoms with Crippen molar-refractivity contribution in [1.82, 2.24) is 0 Å². The number of carboxylic acids is 2. The third kappa shape index (κ3) is 4.81. The van der Waals surface area contributed by atoms with Gasteiger partial charge in [0.15, 0.2) is 6.10 Å². The summed E-state index contributed by atoms with van der Waals surface area (Å²) in [5.74, 6) is -3.16. The first-order chi connectivity index (χ1) is 11.9. The molecule has 130 valence electrons. The van der Waals surface area contributed by atoms with E-state index in [0.29, 0.717) is 12.2 Å². The van der Waals surface area contributed by atoms with Gasteiger partial charge in [0.1, 0.15) is 5.75 Å². The number of ether oxygens (including phenoxy) is 1. The summed E-state index contributed by atoms with van der Waals surface area (Å²) >= 11 is 0. The predicted molar refractivity (Wildman–Crippen MR) is 84.9 cm³/mol. The van der Waals surface area contributed by atoms with Crippen molar-refractivity contribution in [3.63, 3.8) is 0 Å². The largest absolute Gasteiger partial charge is 0.545 e. The van der Waals surface area contributed by atoms with Crippen molar-refractivity contribution in [1.29, 1.82) is 0 Å². The molecule has 0 aliphatic carbocycles. The molecule has 0 saturated heterocycles. The van der Waals surface area contributed by atoms with Gasteiger partial charge in [-0.2, -0.15) is 0 Å². The molecular formula is C18H15NO6-2. The van der Waals surface area contributed by atoms with Gasteiger partial charge in [0.25, 0.3) is 5.91 Å². The lowest BCUT2D eigenvalue weighted by molar-refractivity contribution is -0.255. The van der Waals surface area contributed by atoms with E-state index < -0.39 is 23.9 Å². The van der Waals surface area contributed by atoms with Gasteiger partial charge >= 0.3 is 0 Å². The fourth-order valence-electron chi connectivity index (χ4n) is 2.14. The molecule has 2 aromatic carbocycles. The summed E-state index contributed by atoms with van der Waals surface area (Å²) in [6.07, 6.45) is -0.478. The minimum Gasteiger partial charge on any atom is -0.545 e. The standard InChI is InChI=1S/C18H17NO6/c1-2-15(25-14-6-4-3-5-7-14)16(20)19-13-9-11(17(21)22)8-12(10-13)18(23)24/h3-10,15H,2H2,1H3,(H,19,20)(H,21,22)(H,23,24)/p-2/t15-/m0/s1. The molecule has 0 fully saturated rings. The maximum absolute atomic E-state index is 12.3. The Labute approximate surface area is 143 Å². The predicted octanol–water partition coefficient (Wildman–Crippen LogP) is 0.210. The van der Waals surface area contributed by atoms with E-state index in [2.05, 4.69) is 5.32 Å². The van der Waals surface area contributed by atoms with E-state index in [1.54, 1.807) is 37.3 Å². The first-order valence-corrected chi connectivity index (χ1v) is 7.51. The first-order valence-electron chi connectivity index (χ1n) is 7.51. The molecule has 0 unspecified atom stereocenters. The van der Waals surface area contributed by atoms with Crippen molar-refractivity contribution < 1.29 is 29.3 Å². The van der Waals surface area contributed by atoms with Crippen molar-refractivity contribution >= 4 is 23.5 Å². The van der Waals surface area contributed by atoms with Crippen LogP contribution in [-0.4, -0.2) is 23.9 Å². The minimum absolute atomic E-state index is 0.000937. The number of anilines is 1. The van der Waals surface area contributed by atoms with Crippen LogP contribution in [0.15, 0.2) is 48.5 Å². The molecule has 1 N–H and O–H groups in total. The molecule has 2 rings (SSSR count). The molecule has 0 aliphatic heterocycles. The van der Waals surface area contributed by atoms with Crippen LogP contribution in [0.3, 0.4) is 0 Å². The number of hydrogen-bond donors (Lipinski definition) is 1. The van der Waals surface area contributed by atoms with Gasteiger partial charge in [0.05, 0.1) is 11.9 Å². The molecule has 7 nitrogen and oxygen atoms in total. The molecule has 0 saturated carbocycles. The Hall–Kier alpha value is -3.35. The Kier molecular flexibility index (Phi) is 5.73. The van der Waals surface area contributed by atoms with Gasteiger partial charge in [-0.25, -0.2) is 0 Å². The van der Waals surface area contributed by atoms with Crippen LogP contribution in [0.25, 0.3) is 0 Å². The average Bonchev–Trinajstić information content (AvgIpc) is 2.60. The third-order valence-electron chi connectivity index (χ3n) is 3.36. The lowest BCUT2D eigenvalue weighted by atomic mass is 10.1. The van der Waals surface area contributed by atoms with Crippen molar-refractivity contribution in [2.24, 2.45) is 0 Å². The topological polar surface area (TPSA) is 119 Å². The average molecular weight is 341 g/mol. The Morgan fingerprint density at radius 2 is 1.56 bits per heavy atom. The second-order valence-electron chi connectivity index (χ2n) is 5.19. The van der Waals surface area contributed by atoms with Crippen LogP contribution >= 0.6 is 0 Å². The molecule has 0 bridgehead atoms. The second-order valence-corrected chi connectivity index (χ2v) is 5.19. The molecule has 0 aliphatic rings. The zero-order valence-electron chi connectivity index (χ0n) is 13.4. The number of amides is 1. The maximum Gasteiger partial charge on any atom is 0.265 e. The lowest BCUT2D eigenvalue weighted by Gasteiger charge is -2.18. The normalized spacial score (nSPS) is 11.4. The quantitative estimate of drug-likeness (QED) is 0.769. The van der Waals surface area contributed by atoms with Crippen molar-refractivity contribution in [2.75, 3.05) is 5.32 Å². The van der Waals surface area contributed by atoms with Gasteiger partial charge in [0.2, 0.25) is 0 Å². The number of para-hydroxylation sites is 1. The highest BCUT2D eigenvalue weighted by Crippen LogP contribution is 2.17. The second kappa shape index (κ2) is 7.96. The van der Waals surface area contributed by atoms with Crippen LogP contribution in [0.1, 0.15) is 34.1 Å². The van der Waals surface area contributed by atoms with Crippen molar-refractivity contribution in [2.45, 2.75) is 19.4 Å². The molecule has 0 heterocycles. The highest BCUT2D eigenvalue weighted by Gasteiger charge is 2.19. The van der Waals surface area contributed by atoms with E-state index in [9.17, 15) is 24.6 Å². The number of rotatable bonds is 7. The van der Waals surface area contributed by atoms with E-state index in [-0.39, 0.29) is 16.8 Å². The van der Waals surface area contributed by atoms with E-state index in [4.69, 9.17) is 4.74 Å². The Bertz CT molecular complexity index is 755. The highest BCUT2D eigenvalue weighted by atomic mass is 16.5. The molecular weight excluding hydrogens is 326 g/mol. The molecule has 1 amide bonds. The van der Waals surface area contributed by atoms with Crippen LogP contribution < -0.4 is 20.3 Å². The smallest absolute Gasteiger partial charge is 0.265 e. The number of carboxylic acid groups (broad SMARTS) is 2. The van der Waals surface area contributed by atoms with E-state index in [0.717, 1.165) is 18.2 Å². The summed E-state index contributed by atoms with van der Waals surface area (Å²) in [7, 11) is 0. The molecule has 1 atom stereocenters. The van der Waals surface area contributed by atoms with Crippen LogP contribution in [-0.2, 0) is 4.79 Å². The summed E-state index contributed by atoms with van der Waals surface area (Å²) in [5, 5.41) is 24.4. The Balaban J connectivity index is 2.20. The summed E-state index contributed by atoms with van der Waals surface area (Å²) in [4.78, 5) is 34.3. The van der Waals surface area contributed by atoms with Gasteiger partial charge in [0, 0.05) is 5.69 Å². The monoisotopic (exact) mass is 341 g/mol. The van der Waals surface area contributed by atoms with Crippen LogP contribution in [0.4, 0.5) is 5.69 Å². The van der Waals surface area contributed by atoms with Crippen molar-refractivity contribution in [3.8, 4) is 5.75 Å². The van der Waals surface area contributed by atoms with Gasteiger partial charge in [-0.3, -0.25) is 4.79 Å².